The van der Waals surface area contributed by atoms with Gasteiger partial charge in [0.2, 0.25) is 0 Å². The van der Waals surface area contributed by atoms with Crippen molar-refractivity contribution in [2.75, 3.05) is 7.11 Å². The molecule has 84 valence electrons. The second-order valence-electron chi connectivity index (χ2n) is 3.17. The number of fused-ring (bicyclic) bond motifs is 1. The molecule has 2 N–H and O–H groups in total. The van der Waals surface area contributed by atoms with Gasteiger partial charge < -0.3 is 14.9 Å². The number of ether oxygens (including phenoxy) is 1. The van der Waals surface area contributed by atoms with Crippen molar-refractivity contribution in [3.63, 3.8) is 0 Å². The Hall–Kier alpha value is -1.40. The van der Waals surface area contributed by atoms with Gasteiger partial charge in [-0.15, -0.1) is 0 Å². The molecule has 0 spiro atoms. The summed E-state index contributed by atoms with van der Waals surface area (Å²) in [5.74, 6) is 0.165. The number of carbonyl (C=O) groups excluding carboxylic acids is 1. The molecule has 0 aliphatic rings. The number of carbonyl (C=O) groups is 1. The molecule has 0 aromatic carbocycles. The quantitative estimate of drug-likeness (QED) is 0.845. The Kier molecular flexibility index (Phi) is 2.93. The molecule has 0 saturated carbocycles. The lowest BCUT2D eigenvalue weighted by atomic mass is 10.3. The number of methoxy groups -OCH3 is 1. The monoisotopic (exact) mass is 283 g/mol. The van der Waals surface area contributed by atoms with Crippen molar-refractivity contribution in [2.45, 2.75) is 6.54 Å². The second kappa shape index (κ2) is 4.23. The normalized spacial score (nSPS) is 10.7. The Morgan fingerprint density at radius 1 is 1.69 bits per heavy atom. The van der Waals surface area contributed by atoms with E-state index < -0.39 is 5.97 Å². The molecular formula is C10H10BrN3O2. The van der Waals surface area contributed by atoms with Crippen molar-refractivity contribution in [3.05, 3.63) is 34.3 Å². The average molecular weight is 284 g/mol. The van der Waals surface area contributed by atoms with Gasteiger partial charge in [0, 0.05) is 10.7 Å². The summed E-state index contributed by atoms with van der Waals surface area (Å²) in [6, 6.07) is 3.66. The van der Waals surface area contributed by atoms with Crippen molar-refractivity contribution in [3.8, 4) is 0 Å². The van der Waals surface area contributed by atoms with Crippen LogP contribution in [0.25, 0.3) is 5.52 Å². The molecular weight excluding hydrogens is 274 g/mol. The van der Waals surface area contributed by atoms with E-state index in [0.29, 0.717) is 11.3 Å². The molecule has 0 fully saturated rings. The largest absolute Gasteiger partial charge is 0.464 e. The fraction of sp³-hybridized carbons (Fsp3) is 0.200. The maximum atomic E-state index is 11.5. The fourth-order valence-corrected chi connectivity index (χ4v) is 1.85. The van der Waals surface area contributed by atoms with Gasteiger partial charge in [0.1, 0.15) is 5.82 Å². The first-order chi connectivity index (χ1) is 7.67. The third kappa shape index (κ3) is 1.70. The Labute approximate surface area is 100 Å². The summed E-state index contributed by atoms with van der Waals surface area (Å²) in [5.41, 5.74) is 6.53. The SMILES string of the molecule is COC(=O)c1nc(CN)n2ccc(Br)cc12. The van der Waals surface area contributed by atoms with Crippen LogP contribution in [0, 0.1) is 0 Å². The summed E-state index contributed by atoms with van der Waals surface area (Å²) in [4.78, 5) is 15.7. The van der Waals surface area contributed by atoms with Crippen LogP contribution in [0.3, 0.4) is 0 Å². The number of rotatable bonds is 2. The van der Waals surface area contributed by atoms with Crippen molar-refractivity contribution in [1.29, 1.82) is 0 Å². The third-order valence-corrected chi connectivity index (χ3v) is 2.73. The van der Waals surface area contributed by atoms with Gasteiger partial charge in [-0.05, 0) is 12.1 Å². The number of halogens is 1. The third-order valence-electron chi connectivity index (χ3n) is 2.24. The first-order valence-corrected chi connectivity index (χ1v) is 5.41. The maximum Gasteiger partial charge on any atom is 0.358 e. The molecule has 0 aliphatic carbocycles. The molecule has 2 aromatic heterocycles. The highest BCUT2D eigenvalue weighted by molar-refractivity contribution is 9.10. The lowest BCUT2D eigenvalue weighted by Gasteiger charge is -1.98. The molecule has 0 unspecified atom stereocenters. The van der Waals surface area contributed by atoms with Crippen LogP contribution in [0.5, 0.6) is 0 Å². The van der Waals surface area contributed by atoms with Crippen LogP contribution in [0.15, 0.2) is 22.8 Å². The Morgan fingerprint density at radius 3 is 3.06 bits per heavy atom. The molecule has 5 nitrogen and oxygen atoms in total. The van der Waals surface area contributed by atoms with Crippen molar-refractivity contribution in [2.24, 2.45) is 5.73 Å². The van der Waals surface area contributed by atoms with Crippen molar-refractivity contribution >= 4 is 27.4 Å². The Bertz CT molecular complexity index is 550. The minimum Gasteiger partial charge on any atom is -0.464 e. The van der Waals surface area contributed by atoms with Gasteiger partial charge >= 0.3 is 5.97 Å². The van der Waals surface area contributed by atoms with Gasteiger partial charge in [-0.2, -0.15) is 0 Å². The maximum absolute atomic E-state index is 11.5. The van der Waals surface area contributed by atoms with E-state index in [1.54, 1.807) is 16.7 Å². The number of nitrogens with zero attached hydrogens (tertiary/aromatic N) is 2. The Morgan fingerprint density at radius 2 is 2.44 bits per heavy atom. The molecule has 0 radical (unpaired) electrons. The van der Waals surface area contributed by atoms with E-state index in [4.69, 9.17) is 5.73 Å². The topological polar surface area (TPSA) is 69.6 Å². The summed E-state index contributed by atoms with van der Waals surface area (Å²) >= 11 is 3.34. The van der Waals surface area contributed by atoms with Gasteiger partial charge in [0.15, 0.2) is 5.69 Å². The van der Waals surface area contributed by atoms with Gasteiger partial charge in [0.25, 0.3) is 0 Å². The van der Waals surface area contributed by atoms with Crippen molar-refractivity contribution in [1.82, 2.24) is 9.38 Å². The second-order valence-corrected chi connectivity index (χ2v) is 4.09. The van der Waals surface area contributed by atoms with Crippen LogP contribution in [-0.2, 0) is 11.3 Å². The minimum atomic E-state index is -0.463. The van der Waals surface area contributed by atoms with E-state index in [2.05, 4.69) is 25.7 Å². The first kappa shape index (κ1) is 11.1. The standard InChI is InChI=1S/C10H10BrN3O2/c1-16-10(15)9-7-4-6(11)2-3-14(7)8(5-12)13-9/h2-4H,5,12H2,1H3. The molecule has 0 bridgehead atoms. The minimum absolute atomic E-state index is 0.264. The lowest BCUT2D eigenvalue weighted by molar-refractivity contribution is 0.0597. The zero-order valence-electron chi connectivity index (χ0n) is 8.61. The van der Waals surface area contributed by atoms with E-state index in [1.807, 2.05) is 6.07 Å². The number of imidazole rings is 1. The van der Waals surface area contributed by atoms with Crippen molar-refractivity contribution < 1.29 is 9.53 Å². The van der Waals surface area contributed by atoms with E-state index in [9.17, 15) is 4.79 Å². The number of esters is 1. The smallest absolute Gasteiger partial charge is 0.358 e. The van der Waals surface area contributed by atoms with Gasteiger partial charge in [-0.1, -0.05) is 15.9 Å². The summed E-state index contributed by atoms with van der Waals surface area (Å²) in [6.07, 6.45) is 1.81. The lowest BCUT2D eigenvalue weighted by Crippen LogP contribution is -2.03. The molecule has 2 rings (SSSR count). The molecule has 2 heterocycles. The molecule has 16 heavy (non-hydrogen) atoms. The van der Waals surface area contributed by atoms with Gasteiger partial charge in [0.05, 0.1) is 19.2 Å². The van der Waals surface area contributed by atoms with Gasteiger partial charge in [-0.25, -0.2) is 9.78 Å². The number of aromatic nitrogens is 2. The van der Waals surface area contributed by atoms with Crippen LogP contribution in [0.1, 0.15) is 16.3 Å². The molecule has 0 amide bonds. The number of pyridine rings is 1. The highest BCUT2D eigenvalue weighted by atomic mass is 79.9. The van der Waals surface area contributed by atoms with Crippen LogP contribution in [-0.4, -0.2) is 22.5 Å². The summed E-state index contributed by atoms with van der Waals surface area (Å²) in [5, 5.41) is 0. The number of hydrogen-bond acceptors (Lipinski definition) is 4. The van der Waals surface area contributed by atoms with E-state index in [1.165, 1.54) is 7.11 Å². The number of hydrogen-bond donors (Lipinski definition) is 1. The highest BCUT2D eigenvalue weighted by Crippen LogP contribution is 2.19. The molecule has 2 aromatic rings. The van der Waals surface area contributed by atoms with Crippen LogP contribution >= 0.6 is 15.9 Å². The van der Waals surface area contributed by atoms with Gasteiger partial charge in [-0.3, -0.25) is 0 Å². The first-order valence-electron chi connectivity index (χ1n) is 4.62. The number of nitrogens with two attached hydrogens (primary N) is 1. The predicted octanol–water partition coefficient (Wildman–Crippen LogP) is 1.34. The average Bonchev–Trinajstić information content (AvgIpc) is 2.66. The van der Waals surface area contributed by atoms with Crippen LogP contribution in [0.4, 0.5) is 0 Å². The summed E-state index contributed by atoms with van der Waals surface area (Å²) in [7, 11) is 1.33. The van der Waals surface area contributed by atoms with E-state index >= 15 is 0 Å². The molecule has 0 atom stereocenters. The summed E-state index contributed by atoms with van der Waals surface area (Å²) in [6.45, 7) is 0.264. The molecule has 0 saturated heterocycles. The highest BCUT2D eigenvalue weighted by Gasteiger charge is 2.17. The zero-order valence-corrected chi connectivity index (χ0v) is 10.2. The van der Waals surface area contributed by atoms with Crippen LogP contribution in [0.2, 0.25) is 0 Å². The zero-order chi connectivity index (χ0) is 11.7. The van der Waals surface area contributed by atoms with E-state index in [0.717, 1.165) is 4.47 Å². The fourth-order valence-electron chi connectivity index (χ4n) is 1.51. The predicted molar refractivity (Wildman–Crippen MR) is 62.1 cm³/mol. The van der Waals surface area contributed by atoms with Crippen LogP contribution < -0.4 is 5.73 Å². The summed E-state index contributed by atoms with van der Waals surface area (Å²) < 4.78 is 7.32. The van der Waals surface area contributed by atoms with E-state index in [-0.39, 0.29) is 12.2 Å². The molecule has 0 aliphatic heterocycles. The molecule has 6 heteroatoms. The Balaban J connectivity index is 2.73.